The van der Waals surface area contributed by atoms with Gasteiger partial charge in [0, 0.05) is 36.4 Å². The van der Waals surface area contributed by atoms with Gasteiger partial charge in [0.2, 0.25) is 0 Å². The topological polar surface area (TPSA) is 27.3 Å². The molecule has 2 aromatic carbocycles. The van der Waals surface area contributed by atoms with Crippen molar-refractivity contribution in [1.29, 1.82) is 0 Å². The van der Waals surface area contributed by atoms with Crippen molar-refractivity contribution >= 4 is 28.7 Å². The van der Waals surface area contributed by atoms with Gasteiger partial charge in [0.15, 0.2) is 0 Å². The molecule has 2 atom stereocenters. The van der Waals surface area contributed by atoms with Gasteiger partial charge in [-0.2, -0.15) is 13.2 Å². The van der Waals surface area contributed by atoms with Crippen molar-refractivity contribution in [3.8, 4) is 0 Å². The number of piperidine rings is 1. The summed E-state index contributed by atoms with van der Waals surface area (Å²) in [5.41, 5.74) is 0.535. The molecule has 0 bridgehead atoms. The Hall–Kier alpha value is -1.99. The molecule has 1 fully saturated rings. The molecule has 3 nitrogen and oxygen atoms in total. The van der Waals surface area contributed by atoms with E-state index in [-0.39, 0.29) is 16.8 Å². The molecule has 0 aliphatic carbocycles. The number of likely N-dealkylation sites (N-methyl/N-ethyl adjacent to an activating group) is 1. The smallest absolute Gasteiger partial charge is 0.370 e. The second kappa shape index (κ2) is 6.52. The Bertz CT molecular complexity index is 930. The van der Waals surface area contributed by atoms with Crippen LogP contribution in [0.1, 0.15) is 24.5 Å². The monoisotopic (exact) mass is 413 g/mol. The number of benzene rings is 2. The van der Waals surface area contributed by atoms with Gasteiger partial charge in [-0.3, -0.25) is 0 Å². The Balaban J connectivity index is 1.84. The number of alkyl halides is 3. The molecule has 0 radical (unpaired) electrons. The van der Waals surface area contributed by atoms with Gasteiger partial charge in [-0.05, 0) is 48.9 Å². The molecule has 28 heavy (non-hydrogen) atoms. The van der Waals surface area contributed by atoms with Crippen LogP contribution in [0, 0.1) is 5.82 Å². The Morgan fingerprint density at radius 1 is 1.21 bits per heavy atom. The highest BCUT2D eigenvalue weighted by Gasteiger charge is 2.51. The first-order valence-electron chi connectivity index (χ1n) is 9.02. The largest absolute Gasteiger partial charge is 0.418 e. The normalized spacial score (nSPS) is 24.1. The highest BCUT2D eigenvalue weighted by Crippen LogP contribution is 2.52. The second-order valence-corrected chi connectivity index (χ2v) is 8.09. The van der Waals surface area contributed by atoms with Gasteiger partial charge >= 0.3 is 6.18 Å². The predicted molar refractivity (Wildman–Crippen MR) is 103 cm³/mol. The summed E-state index contributed by atoms with van der Waals surface area (Å²) < 4.78 is 55.1. The third kappa shape index (κ3) is 3.01. The number of hydrogen-bond acceptors (Lipinski definition) is 3. The van der Waals surface area contributed by atoms with Crippen molar-refractivity contribution in [2.75, 3.05) is 30.4 Å². The second-order valence-electron chi connectivity index (χ2n) is 7.68. The lowest BCUT2D eigenvalue weighted by Crippen LogP contribution is -2.53. The molecule has 2 N–H and O–H groups in total. The van der Waals surface area contributed by atoms with E-state index in [1.165, 1.54) is 18.2 Å². The summed E-state index contributed by atoms with van der Waals surface area (Å²) >= 11 is 5.80. The van der Waals surface area contributed by atoms with Crippen LogP contribution in [0.5, 0.6) is 0 Å². The van der Waals surface area contributed by atoms with E-state index in [1.54, 1.807) is 18.0 Å². The first kappa shape index (κ1) is 19.3. The number of halogens is 5. The van der Waals surface area contributed by atoms with Crippen molar-refractivity contribution < 1.29 is 17.6 Å². The standard InChI is InChI=1S/C20H20ClF4N3/c1-19-10-26-6-5-17(19)28(2)18-13(19)7-12(8-14(18)20(23,24)25)27-11-3-4-16(22)15(21)9-11/h3-4,7-9,17,26-27H,5-6,10H2,1-2H3/t17-,19-/m0/s1. The highest BCUT2D eigenvalue weighted by atomic mass is 35.5. The zero-order chi connectivity index (χ0) is 20.3. The Labute approximate surface area is 165 Å². The van der Waals surface area contributed by atoms with Gasteiger partial charge in [0.1, 0.15) is 5.82 Å². The molecule has 0 spiro atoms. The Morgan fingerprint density at radius 3 is 2.64 bits per heavy atom. The van der Waals surface area contributed by atoms with E-state index < -0.39 is 23.0 Å². The van der Waals surface area contributed by atoms with Crippen LogP contribution in [-0.2, 0) is 11.6 Å². The van der Waals surface area contributed by atoms with Crippen molar-refractivity contribution in [1.82, 2.24) is 5.32 Å². The maximum Gasteiger partial charge on any atom is 0.418 e. The van der Waals surface area contributed by atoms with Crippen LogP contribution in [0.3, 0.4) is 0 Å². The minimum Gasteiger partial charge on any atom is -0.370 e. The fraction of sp³-hybridized carbons (Fsp3) is 0.400. The number of fused-ring (bicyclic) bond motifs is 3. The van der Waals surface area contributed by atoms with Crippen LogP contribution in [0.2, 0.25) is 5.02 Å². The molecule has 8 heteroatoms. The first-order chi connectivity index (χ1) is 13.1. The van der Waals surface area contributed by atoms with Crippen LogP contribution in [0.4, 0.5) is 34.6 Å². The molecule has 0 aromatic heterocycles. The number of anilines is 3. The third-order valence-corrected chi connectivity index (χ3v) is 6.17. The minimum atomic E-state index is -4.49. The van der Waals surface area contributed by atoms with E-state index in [9.17, 15) is 17.6 Å². The van der Waals surface area contributed by atoms with E-state index in [0.29, 0.717) is 23.5 Å². The van der Waals surface area contributed by atoms with Crippen molar-refractivity contribution in [2.45, 2.75) is 31.0 Å². The molecule has 0 amide bonds. The Morgan fingerprint density at radius 2 is 1.96 bits per heavy atom. The summed E-state index contributed by atoms with van der Waals surface area (Å²) in [6.07, 6.45) is -3.72. The lowest BCUT2D eigenvalue weighted by atomic mass is 9.75. The minimum absolute atomic E-state index is 0.000339. The zero-order valence-corrected chi connectivity index (χ0v) is 16.2. The predicted octanol–water partition coefficient (Wildman–Crippen LogP) is 5.31. The average molecular weight is 414 g/mol. The molecule has 0 unspecified atom stereocenters. The molecule has 1 saturated heterocycles. The zero-order valence-electron chi connectivity index (χ0n) is 15.4. The van der Waals surface area contributed by atoms with Crippen LogP contribution in [0.15, 0.2) is 30.3 Å². The van der Waals surface area contributed by atoms with E-state index >= 15 is 0 Å². The van der Waals surface area contributed by atoms with E-state index in [0.717, 1.165) is 19.0 Å². The Kier molecular flexibility index (Phi) is 4.50. The quantitative estimate of drug-likeness (QED) is 0.653. The summed E-state index contributed by atoms with van der Waals surface area (Å²) in [4.78, 5) is 1.78. The van der Waals surface area contributed by atoms with Gasteiger partial charge in [-0.1, -0.05) is 18.5 Å². The third-order valence-electron chi connectivity index (χ3n) is 5.88. The molecule has 0 saturated carbocycles. The SMILES string of the molecule is CN1c2c(C(F)(F)F)cc(Nc3ccc(F)c(Cl)c3)cc2[C@]2(C)CNCC[C@H]12. The lowest BCUT2D eigenvalue weighted by molar-refractivity contribution is -0.137. The average Bonchev–Trinajstić information content (AvgIpc) is 2.85. The van der Waals surface area contributed by atoms with Gasteiger partial charge in [0.05, 0.1) is 16.3 Å². The molecular formula is C20H20ClF4N3. The van der Waals surface area contributed by atoms with Crippen molar-refractivity contribution in [2.24, 2.45) is 0 Å². The van der Waals surface area contributed by atoms with E-state index in [1.807, 2.05) is 6.92 Å². The molecular weight excluding hydrogens is 394 g/mol. The van der Waals surface area contributed by atoms with Crippen LogP contribution >= 0.6 is 11.6 Å². The van der Waals surface area contributed by atoms with Gasteiger partial charge in [-0.15, -0.1) is 0 Å². The summed E-state index contributed by atoms with van der Waals surface area (Å²) in [6.45, 7) is 3.39. The molecule has 150 valence electrons. The number of hydrogen-bond donors (Lipinski definition) is 2. The molecule has 2 aliphatic heterocycles. The van der Waals surface area contributed by atoms with Gasteiger partial charge in [-0.25, -0.2) is 4.39 Å². The molecule has 2 aliphatic rings. The van der Waals surface area contributed by atoms with Gasteiger partial charge < -0.3 is 15.5 Å². The highest BCUT2D eigenvalue weighted by molar-refractivity contribution is 6.31. The number of nitrogens with one attached hydrogen (secondary N) is 2. The number of rotatable bonds is 2. The van der Waals surface area contributed by atoms with Crippen LogP contribution < -0.4 is 15.5 Å². The number of nitrogens with zero attached hydrogens (tertiary/aromatic N) is 1. The van der Waals surface area contributed by atoms with Crippen molar-refractivity contribution in [3.63, 3.8) is 0 Å². The maximum atomic E-state index is 13.9. The van der Waals surface area contributed by atoms with E-state index in [4.69, 9.17) is 11.6 Å². The van der Waals surface area contributed by atoms with Crippen LogP contribution in [0.25, 0.3) is 0 Å². The fourth-order valence-corrected chi connectivity index (χ4v) is 4.73. The van der Waals surface area contributed by atoms with Crippen LogP contribution in [-0.4, -0.2) is 26.2 Å². The summed E-state index contributed by atoms with van der Waals surface area (Å²) in [5, 5.41) is 6.17. The summed E-state index contributed by atoms with van der Waals surface area (Å²) in [5.74, 6) is -0.581. The lowest BCUT2D eigenvalue weighted by Gasteiger charge is -2.39. The summed E-state index contributed by atoms with van der Waals surface area (Å²) in [7, 11) is 1.74. The molecule has 2 aromatic rings. The van der Waals surface area contributed by atoms with Gasteiger partial charge in [0.25, 0.3) is 0 Å². The fourth-order valence-electron chi connectivity index (χ4n) is 4.55. The first-order valence-corrected chi connectivity index (χ1v) is 9.40. The van der Waals surface area contributed by atoms with E-state index in [2.05, 4.69) is 10.6 Å². The molecule has 2 heterocycles. The summed E-state index contributed by atoms with van der Waals surface area (Å²) in [6, 6.07) is 6.86. The molecule has 4 rings (SSSR count). The van der Waals surface area contributed by atoms with Crippen molar-refractivity contribution in [3.05, 3.63) is 52.3 Å². The maximum absolute atomic E-state index is 13.9.